The third kappa shape index (κ3) is 2.32. The molecule has 4 heteroatoms. The van der Waals surface area contributed by atoms with Gasteiger partial charge >= 0.3 is 0 Å². The molecule has 0 saturated heterocycles. The highest BCUT2D eigenvalue weighted by molar-refractivity contribution is 5.56. The monoisotopic (exact) mass is 192 g/mol. The van der Waals surface area contributed by atoms with Crippen molar-refractivity contribution in [3.8, 4) is 0 Å². The highest BCUT2D eigenvalue weighted by atomic mass is 16.6. The lowest BCUT2D eigenvalue weighted by Gasteiger charge is -2.06. The van der Waals surface area contributed by atoms with Crippen LogP contribution in [0.15, 0.2) is 30.9 Å². The molecule has 1 aromatic rings. The van der Waals surface area contributed by atoms with Gasteiger partial charge in [-0.3, -0.25) is 10.1 Å². The predicted molar refractivity (Wildman–Crippen MR) is 56.5 cm³/mol. The molecule has 0 bridgehead atoms. The first-order valence-electron chi connectivity index (χ1n) is 4.25. The summed E-state index contributed by atoms with van der Waals surface area (Å²) in [6, 6.07) is 4.75. The summed E-state index contributed by atoms with van der Waals surface area (Å²) in [5, 5.41) is 13.5. The van der Waals surface area contributed by atoms with Crippen LogP contribution in [0.2, 0.25) is 0 Å². The smallest absolute Gasteiger partial charge is 0.271 e. The van der Waals surface area contributed by atoms with E-state index in [1.54, 1.807) is 12.1 Å². The van der Waals surface area contributed by atoms with E-state index in [1.807, 2.05) is 6.92 Å². The third-order valence-electron chi connectivity index (χ3n) is 1.87. The van der Waals surface area contributed by atoms with E-state index in [1.165, 1.54) is 12.1 Å². The molecule has 1 rings (SSSR count). The van der Waals surface area contributed by atoms with E-state index >= 15 is 0 Å². The number of nitrogens with one attached hydrogen (secondary N) is 1. The molecule has 14 heavy (non-hydrogen) atoms. The zero-order valence-corrected chi connectivity index (χ0v) is 7.99. The van der Waals surface area contributed by atoms with Crippen LogP contribution in [0.4, 0.5) is 11.4 Å². The molecule has 0 amide bonds. The van der Waals surface area contributed by atoms with Gasteiger partial charge in [-0.25, -0.2) is 0 Å². The number of anilines is 1. The first kappa shape index (κ1) is 10.2. The van der Waals surface area contributed by atoms with Gasteiger partial charge in [0.2, 0.25) is 0 Å². The van der Waals surface area contributed by atoms with Gasteiger partial charge < -0.3 is 5.32 Å². The molecule has 0 heterocycles. The summed E-state index contributed by atoms with van der Waals surface area (Å²) in [5.74, 6) is 0. The van der Waals surface area contributed by atoms with Crippen LogP contribution in [0.5, 0.6) is 0 Å². The average Bonchev–Trinajstić information content (AvgIpc) is 2.16. The highest BCUT2D eigenvalue weighted by Gasteiger charge is 2.07. The van der Waals surface area contributed by atoms with Gasteiger partial charge in [-0.1, -0.05) is 12.1 Å². The highest BCUT2D eigenvalue weighted by Crippen LogP contribution is 2.21. The van der Waals surface area contributed by atoms with Crippen LogP contribution < -0.4 is 5.32 Å². The SMILES string of the molecule is C=CCNc1cc([N+](=O)[O-])ccc1C. The Kier molecular flexibility index (Phi) is 3.23. The van der Waals surface area contributed by atoms with Crippen molar-refractivity contribution in [3.05, 3.63) is 46.5 Å². The molecule has 1 aromatic carbocycles. The van der Waals surface area contributed by atoms with Gasteiger partial charge in [-0.05, 0) is 12.5 Å². The van der Waals surface area contributed by atoms with Crippen molar-refractivity contribution in [2.45, 2.75) is 6.92 Å². The summed E-state index contributed by atoms with van der Waals surface area (Å²) < 4.78 is 0. The summed E-state index contributed by atoms with van der Waals surface area (Å²) in [4.78, 5) is 10.1. The largest absolute Gasteiger partial charge is 0.381 e. The Bertz CT molecular complexity index is 361. The third-order valence-corrected chi connectivity index (χ3v) is 1.87. The van der Waals surface area contributed by atoms with Crippen LogP contribution in [0.25, 0.3) is 0 Å². The lowest BCUT2D eigenvalue weighted by atomic mass is 10.2. The summed E-state index contributed by atoms with van der Waals surface area (Å²) in [7, 11) is 0. The van der Waals surface area contributed by atoms with Crippen molar-refractivity contribution >= 4 is 11.4 Å². The quantitative estimate of drug-likeness (QED) is 0.453. The Labute approximate surface area is 82.4 Å². The van der Waals surface area contributed by atoms with Crippen LogP contribution >= 0.6 is 0 Å². The maximum atomic E-state index is 10.5. The Morgan fingerprint density at radius 2 is 2.36 bits per heavy atom. The predicted octanol–water partition coefficient (Wildman–Crippen LogP) is 2.50. The number of aryl methyl sites for hydroxylation is 1. The Hall–Kier alpha value is -1.84. The molecule has 1 N–H and O–H groups in total. The van der Waals surface area contributed by atoms with Crippen LogP contribution in [0.3, 0.4) is 0 Å². The van der Waals surface area contributed by atoms with Gasteiger partial charge in [-0.2, -0.15) is 0 Å². The normalized spacial score (nSPS) is 9.50. The Balaban J connectivity index is 2.95. The zero-order chi connectivity index (χ0) is 10.6. The standard InChI is InChI=1S/C10H12N2O2/c1-3-6-11-10-7-9(12(13)14)5-4-8(10)2/h3-5,7,11H,1,6H2,2H3. The van der Waals surface area contributed by atoms with Gasteiger partial charge in [0, 0.05) is 24.4 Å². The first-order chi connectivity index (χ1) is 6.65. The molecular formula is C10H12N2O2. The lowest BCUT2D eigenvalue weighted by molar-refractivity contribution is -0.384. The van der Waals surface area contributed by atoms with Crippen molar-refractivity contribution < 1.29 is 4.92 Å². The van der Waals surface area contributed by atoms with Crippen molar-refractivity contribution in [3.63, 3.8) is 0 Å². The number of rotatable bonds is 4. The minimum absolute atomic E-state index is 0.0992. The lowest BCUT2D eigenvalue weighted by Crippen LogP contribution is -2.00. The van der Waals surface area contributed by atoms with Gasteiger partial charge in [0.25, 0.3) is 5.69 Å². The maximum absolute atomic E-state index is 10.5. The van der Waals surface area contributed by atoms with Crippen LogP contribution in [-0.4, -0.2) is 11.5 Å². The molecule has 0 radical (unpaired) electrons. The van der Waals surface area contributed by atoms with E-state index in [0.717, 1.165) is 11.3 Å². The van der Waals surface area contributed by atoms with Gasteiger partial charge in [-0.15, -0.1) is 6.58 Å². The minimum Gasteiger partial charge on any atom is -0.381 e. The van der Waals surface area contributed by atoms with E-state index in [-0.39, 0.29) is 5.69 Å². The van der Waals surface area contributed by atoms with Gasteiger partial charge in [0.1, 0.15) is 0 Å². The number of hydrogen-bond donors (Lipinski definition) is 1. The first-order valence-corrected chi connectivity index (χ1v) is 4.25. The summed E-state index contributed by atoms with van der Waals surface area (Å²) in [6.45, 7) is 6.06. The van der Waals surface area contributed by atoms with Gasteiger partial charge in [0.15, 0.2) is 0 Å². The number of benzene rings is 1. The van der Waals surface area contributed by atoms with Crippen molar-refractivity contribution in [1.29, 1.82) is 0 Å². The summed E-state index contributed by atoms with van der Waals surface area (Å²) in [6.07, 6.45) is 1.71. The van der Waals surface area contributed by atoms with Crippen molar-refractivity contribution in [2.24, 2.45) is 0 Å². The average molecular weight is 192 g/mol. The van der Waals surface area contributed by atoms with Crippen molar-refractivity contribution in [1.82, 2.24) is 0 Å². The van der Waals surface area contributed by atoms with E-state index in [4.69, 9.17) is 0 Å². The zero-order valence-electron chi connectivity index (χ0n) is 7.99. The number of nitro groups is 1. The molecule has 0 fully saturated rings. The topological polar surface area (TPSA) is 55.2 Å². The number of hydrogen-bond acceptors (Lipinski definition) is 3. The summed E-state index contributed by atoms with van der Waals surface area (Å²) in [5.41, 5.74) is 1.86. The fraction of sp³-hybridized carbons (Fsp3) is 0.200. The molecule has 0 aromatic heterocycles. The van der Waals surface area contributed by atoms with E-state index in [0.29, 0.717) is 6.54 Å². The molecule has 0 spiro atoms. The molecule has 0 aliphatic carbocycles. The molecular weight excluding hydrogens is 180 g/mol. The molecule has 0 unspecified atom stereocenters. The number of non-ortho nitro benzene ring substituents is 1. The van der Waals surface area contributed by atoms with Crippen LogP contribution in [-0.2, 0) is 0 Å². The van der Waals surface area contributed by atoms with Crippen molar-refractivity contribution in [2.75, 3.05) is 11.9 Å². The van der Waals surface area contributed by atoms with Crippen LogP contribution in [0, 0.1) is 17.0 Å². The van der Waals surface area contributed by atoms with Gasteiger partial charge in [0.05, 0.1) is 4.92 Å². The number of nitro benzene ring substituents is 1. The minimum atomic E-state index is -0.404. The Morgan fingerprint density at radius 3 is 2.93 bits per heavy atom. The second-order valence-corrected chi connectivity index (χ2v) is 2.93. The van der Waals surface area contributed by atoms with Crippen LogP contribution in [0.1, 0.15) is 5.56 Å². The van der Waals surface area contributed by atoms with E-state index < -0.39 is 4.92 Å². The van der Waals surface area contributed by atoms with E-state index in [2.05, 4.69) is 11.9 Å². The fourth-order valence-electron chi connectivity index (χ4n) is 1.10. The van der Waals surface area contributed by atoms with E-state index in [9.17, 15) is 10.1 Å². The number of nitrogens with zero attached hydrogens (tertiary/aromatic N) is 1. The molecule has 74 valence electrons. The fourth-order valence-corrected chi connectivity index (χ4v) is 1.10. The second kappa shape index (κ2) is 4.41. The summed E-state index contributed by atoms with van der Waals surface area (Å²) >= 11 is 0. The molecule has 0 atom stereocenters. The molecule has 0 aliphatic heterocycles. The molecule has 0 saturated carbocycles. The Morgan fingerprint density at radius 1 is 1.64 bits per heavy atom. The molecule has 0 aliphatic rings. The molecule has 4 nitrogen and oxygen atoms in total. The maximum Gasteiger partial charge on any atom is 0.271 e. The second-order valence-electron chi connectivity index (χ2n) is 2.93.